The first-order valence-corrected chi connectivity index (χ1v) is 13.8. The van der Waals surface area contributed by atoms with Crippen LogP contribution in [-0.4, -0.2) is 77.2 Å². The average Bonchev–Trinajstić information content (AvgIpc) is 3.59. The van der Waals surface area contributed by atoms with Gasteiger partial charge in [0.15, 0.2) is 0 Å². The van der Waals surface area contributed by atoms with Gasteiger partial charge < -0.3 is 23.8 Å². The zero-order chi connectivity index (χ0) is 25.6. The van der Waals surface area contributed by atoms with Crippen molar-refractivity contribution < 1.29 is 28.7 Å². The number of carbonyl (C=O) groups excluding carboxylic acids is 4. The fourth-order valence-electron chi connectivity index (χ4n) is 5.30. The number of hydrogen-bond acceptors (Lipinski definition) is 8. The summed E-state index contributed by atoms with van der Waals surface area (Å²) in [4.78, 5) is 54.8. The molecule has 9 nitrogen and oxygen atoms in total. The molecule has 2 amide bonds. The van der Waals surface area contributed by atoms with Crippen LogP contribution in [0.2, 0.25) is 0 Å². The maximum Gasteiger partial charge on any atom is 0.340 e. The maximum absolute atomic E-state index is 13.3. The van der Waals surface area contributed by atoms with Gasteiger partial charge in [-0.05, 0) is 18.9 Å². The second kappa shape index (κ2) is 9.85. The van der Waals surface area contributed by atoms with Crippen molar-refractivity contribution in [1.82, 2.24) is 14.4 Å². The summed E-state index contributed by atoms with van der Waals surface area (Å²) in [5, 5.41) is -0.225. The van der Waals surface area contributed by atoms with Crippen LogP contribution < -0.4 is 0 Å². The standard InChI is InChI=1S/C25H27N3O6S2/c1-14-20(24(31)33-2)21(25(32)34-3)16-12-35-19(27(14)16)9-10-26-11-18(29)28-17(22(26)30)13-36-23(28)15-7-5-4-6-8-15/h4-8,17,19,23H,9-13H2,1-3H3/t17-,19+,23+/m0/s1. The molecule has 3 atom stereocenters. The Balaban J connectivity index is 1.33. The molecule has 3 aliphatic heterocycles. The highest BCUT2D eigenvalue weighted by atomic mass is 32.2. The lowest BCUT2D eigenvalue weighted by atomic mass is 10.1. The van der Waals surface area contributed by atoms with E-state index in [1.54, 1.807) is 40.2 Å². The van der Waals surface area contributed by atoms with E-state index >= 15 is 0 Å². The average molecular weight is 530 g/mol. The van der Waals surface area contributed by atoms with Crippen molar-refractivity contribution in [2.75, 3.05) is 33.1 Å². The van der Waals surface area contributed by atoms with Crippen LogP contribution in [0.25, 0.3) is 0 Å². The molecule has 0 spiro atoms. The van der Waals surface area contributed by atoms with Crippen molar-refractivity contribution >= 4 is 47.3 Å². The van der Waals surface area contributed by atoms with Crippen LogP contribution >= 0.6 is 23.5 Å². The molecule has 2 aromatic rings. The number of methoxy groups -OCH3 is 2. The fraction of sp³-hybridized carbons (Fsp3) is 0.440. The lowest BCUT2D eigenvalue weighted by molar-refractivity contribution is -0.154. The van der Waals surface area contributed by atoms with Gasteiger partial charge >= 0.3 is 11.9 Å². The Kier molecular flexibility index (Phi) is 6.78. The lowest BCUT2D eigenvalue weighted by Gasteiger charge is -2.38. The molecule has 2 fully saturated rings. The van der Waals surface area contributed by atoms with Crippen LogP contribution in [0.5, 0.6) is 0 Å². The van der Waals surface area contributed by atoms with Gasteiger partial charge in [0.05, 0.1) is 37.3 Å². The second-order valence-electron chi connectivity index (χ2n) is 8.86. The normalized spacial score (nSPS) is 23.0. The van der Waals surface area contributed by atoms with Gasteiger partial charge in [0, 0.05) is 29.4 Å². The third kappa shape index (κ3) is 3.98. The van der Waals surface area contributed by atoms with E-state index in [0.717, 1.165) is 11.3 Å². The van der Waals surface area contributed by atoms with Crippen molar-refractivity contribution in [1.29, 1.82) is 0 Å². The minimum Gasteiger partial charge on any atom is -0.465 e. The molecular formula is C25H27N3O6S2. The fourth-order valence-corrected chi connectivity index (χ4v) is 8.08. The third-order valence-electron chi connectivity index (χ3n) is 6.97. The molecule has 190 valence electrons. The smallest absolute Gasteiger partial charge is 0.340 e. The molecule has 11 heteroatoms. The van der Waals surface area contributed by atoms with Crippen LogP contribution in [0.1, 0.15) is 54.8 Å². The summed E-state index contributed by atoms with van der Waals surface area (Å²) in [7, 11) is 2.57. The molecule has 0 aliphatic carbocycles. The number of esters is 2. The molecule has 3 aliphatic rings. The topological polar surface area (TPSA) is 98.2 Å². The van der Waals surface area contributed by atoms with E-state index in [0.29, 0.717) is 30.2 Å². The van der Waals surface area contributed by atoms with Crippen molar-refractivity contribution in [3.63, 3.8) is 0 Å². The number of hydrogen-bond donors (Lipinski definition) is 0. The molecule has 1 aromatic carbocycles. The Hall–Kier alpha value is -2.92. The van der Waals surface area contributed by atoms with Crippen LogP contribution in [0, 0.1) is 6.92 Å². The molecule has 4 heterocycles. The SMILES string of the molecule is COC(=O)c1c(C(=O)OC)c2n(c1C)[C@@H](CCN1CC(=O)N3[C@@H](c4ccccc4)SC[C@H]3C1=O)SC2. The largest absolute Gasteiger partial charge is 0.465 e. The summed E-state index contributed by atoms with van der Waals surface area (Å²) in [6.45, 7) is 2.24. The maximum atomic E-state index is 13.3. The van der Waals surface area contributed by atoms with E-state index in [1.165, 1.54) is 14.2 Å². The summed E-state index contributed by atoms with van der Waals surface area (Å²) >= 11 is 3.26. The lowest BCUT2D eigenvalue weighted by Crippen LogP contribution is -2.58. The molecule has 1 aromatic heterocycles. The van der Waals surface area contributed by atoms with Gasteiger partial charge in [-0.3, -0.25) is 9.59 Å². The molecule has 0 radical (unpaired) electrons. The molecule has 36 heavy (non-hydrogen) atoms. The Morgan fingerprint density at radius 1 is 1.03 bits per heavy atom. The Bertz CT molecular complexity index is 1230. The Morgan fingerprint density at radius 3 is 2.42 bits per heavy atom. The first kappa shape index (κ1) is 24.8. The Labute approximate surface area is 217 Å². The number of carbonyl (C=O) groups is 4. The number of aromatic nitrogens is 1. The van der Waals surface area contributed by atoms with Crippen molar-refractivity contribution in [3.8, 4) is 0 Å². The van der Waals surface area contributed by atoms with Crippen molar-refractivity contribution in [2.24, 2.45) is 0 Å². The first-order valence-electron chi connectivity index (χ1n) is 11.7. The minimum absolute atomic E-state index is 0.0292. The van der Waals surface area contributed by atoms with Crippen molar-refractivity contribution in [3.05, 3.63) is 58.4 Å². The predicted molar refractivity (Wildman–Crippen MR) is 136 cm³/mol. The van der Waals surface area contributed by atoms with E-state index in [4.69, 9.17) is 9.47 Å². The van der Waals surface area contributed by atoms with Crippen LogP contribution in [-0.2, 0) is 24.8 Å². The second-order valence-corrected chi connectivity index (χ2v) is 11.1. The van der Waals surface area contributed by atoms with Gasteiger partial charge in [-0.1, -0.05) is 30.3 Å². The number of amides is 2. The van der Waals surface area contributed by atoms with Gasteiger partial charge in [0.1, 0.15) is 11.4 Å². The summed E-state index contributed by atoms with van der Waals surface area (Å²) in [5.41, 5.74) is 2.85. The summed E-state index contributed by atoms with van der Waals surface area (Å²) in [6, 6.07) is 9.35. The minimum atomic E-state index is -0.581. The zero-order valence-corrected chi connectivity index (χ0v) is 21.9. The molecular weight excluding hydrogens is 502 g/mol. The molecule has 2 saturated heterocycles. The van der Waals surface area contributed by atoms with E-state index in [-0.39, 0.29) is 40.2 Å². The van der Waals surface area contributed by atoms with Crippen molar-refractivity contribution in [2.45, 2.75) is 35.9 Å². The highest BCUT2D eigenvalue weighted by molar-refractivity contribution is 7.99. The van der Waals surface area contributed by atoms with Crippen LogP contribution in [0.4, 0.5) is 0 Å². The molecule has 5 rings (SSSR count). The summed E-state index contributed by atoms with van der Waals surface area (Å²) < 4.78 is 11.8. The molecule has 0 bridgehead atoms. The summed E-state index contributed by atoms with van der Waals surface area (Å²) in [6.07, 6.45) is 0.579. The van der Waals surface area contributed by atoms with Crippen LogP contribution in [0.3, 0.4) is 0 Å². The quantitative estimate of drug-likeness (QED) is 0.527. The summed E-state index contributed by atoms with van der Waals surface area (Å²) in [5.74, 6) is -0.120. The monoisotopic (exact) mass is 529 g/mol. The molecule has 0 saturated carbocycles. The number of ether oxygens (including phenoxy) is 2. The van der Waals surface area contributed by atoms with Gasteiger partial charge in [-0.15, -0.1) is 23.5 Å². The molecule has 0 N–H and O–H groups in total. The third-order valence-corrected chi connectivity index (χ3v) is 9.57. The highest BCUT2D eigenvalue weighted by Crippen LogP contribution is 2.45. The van der Waals surface area contributed by atoms with Crippen LogP contribution in [0.15, 0.2) is 30.3 Å². The van der Waals surface area contributed by atoms with E-state index < -0.39 is 18.0 Å². The Morgan fingerprint density at radius 2 is 1.72 bits per heavy atom. The van der Waals surface area contributed by atoms with Gasteiger partial charge in [-0.25, -0.2) is 9.59 Å². The van der Waals surface area contributed by atoms with Gasteiger partial charge in [0.2, 0.25) is 11.8 Å². The predicted octanol–water partition coefficient (Wildman–Crippen LogP) is 2.99. The number of thioether (sulfide) groups is 2. The van der Waals surface area contributed by atoms with E-state index in [1.807, 2.05) is 34.9 Å². The highest BCUT2D eigenvalue weighted by Gasteiger charge is 2.48. The van der Waals surface area contributed by atoms with Gasteiger partial charge in [0.25, 0.3) is 0 Å². The van der Waals surface area contributed by atoms with E-state index in [2.05, 4.69) is 0 Å². The van der Waals surface area contributed by atoms with E-state index in [9.17, 15) is 19.2 Å². The number of piperazine rings is 1. The van der Waals surface area contributed by atoms with Gasteiger partial charge in [-0.2, -0.15) is 0 Å². The number of fused-ring (bicyclic) bond motifs is 2. The number of benzene rings is 1. The molecule has 0 unspecified atom stereocenters. The first-order chi connectivity index (χ1) is 17.4. The zero-order valence-electron chi connectivity index (χ0n) is 20.3. The number of nitrogens with zero attached hydrogens (tertiary/aromatic N) is 3. The number of rotatable bonds is 6.